The molecule has 1 aliphatic rings. The van der Waals surface area contributed by atoms with Crippen LogP contribution in [0.1, 0.15) is 30.9 Å². The van der Waals surface area contributed by atoms with E-state index >= 15 is 0 Å². The van der Waals surface area contributed by atoms with Crippen molar-refractivity contribution >= 4 is 0 Å². The van der Waals surface area contributed by atoms with Crippen molar-refractivity contribution in [3.8, 4) is 11.8 Å². The molecule has 2 heteroatoms. The van der Waals surface area contributed by atoms with Gasteiger partial charge in [0.1, 0.15) is 6.61 Å². The lowest BCUT2D eigenvalue weighted by Crippen LogP contribution is -2.33. The highest BCUT2D eigenvalue weighted by molar-refractivity contribution is 5.27. The van der Waals surface area contributed by atoms with Gasteiger partial charge in [0, 0.05) is 0 Å². The fourth-order valence-corrected chi connectivity index (χ4v) is 2.34. The van der Waals surface area contributed by atoms with Gasteiger partial charge in [0.2, 0.25) is 0 Å². The number of nitrogens with zero attached hydrogens (tertiary/aromatic N) is 1. The van der Waals surface area contributed by atoms with Crippen LogP contribution in [0.15, 0.2) is 30.3 Å². The van der Waals surface area contributed by atoms with Crippen molar-refractivity contribution in [1.82, 2.24) is 4.90 Å². The van der Waals surface area contributed by atoms with Crippen LogP contribution in [-0.4, -0.2) is 29.7 Å². The monoisotopic (exact) mass is 229 g/mol. The van der Waals surface area contributed by atoms with Gasteiger partial charge in [-0.25, -0.2) is 0 Å². The normalized spacial score (nSPS) is 18.2. The maximum absolute atomic E-state index is 8.87. The van der Waals surface area contributed by atoms with Gasteiger partial charge in [-0.2, -0.15) is 0 Å². The number of likely N-dealkylation sites (tertiary alicyclic amines) is 1. The van der Waals surface area contributed by atoms with Crippen molar-refractivity contribution < 1.29 is 5.11 Å². The summed E-state index contributed by atoms with van der Waals surface area (Å²) in [7, 11) is 0. The van der Waals surface area contributed by atoms with E-state index in [4.69, 9.17) is 5.11 Å². The number of piperidine rings is 1. The van der Waals surface area contributed by atoms with E-state index in [0.717, 1.165) is 13.1 Å². The molecule has 1 aliphatic heterocycles. The maximum atomic E-state index is 8.87. The SMILES string of the molecule is OCC#CC(c1ccccc1)N1CCCCC1. The zero-order chi connectivity index (χ0) is 11.9. The summed E-state index contributed by atoms with van der Waals surface area (Å²) in [5.41, 5.74) is 1.23. The van der Waals surface area contributed by atoms with Crippen molar-refractivity contribution in [2.45, 2.75) is 25.3 Å². The second kappa shape index (κ2) is 6.44. The van der Waals surface area contributed by atoms with Crippen molar-refractivity contribution in [1.29, 1.82) is 0 Å². The molecule has 1 atom stereocenters. The summed E-state index contributed by atoms with van der Waals surface area (Å²) < 4.78 is 0. The topological polar surface area (TPSA) is 23.5 Å². The van der Waals surface area contributed by atoms with Crippen LogP contribution in [-0.2, 0) is 0 Å². The summed E-state index contributed by atoms with van der Waals surface area (Å²) in [6.45, 7) is 2.16. The van der Waals surface area contributed by atoms with Crippen LogP contribution in [0.2, 0.25) is 0 Å². The number of rotatable bonds is 2. The molecule has 1 saturated heterocycles. The van der Waals surface area contributed by atoms with Gasteiger partial charge in [-0.15, -0.1) is 0 Å². The fraction of sp³-hybridized carbons (Fsp3) is 0.467. The summed E-state index contributed by atoms with van der Waals surface area (Å²) in [6, 6.07) is 10.5. The summed E-state index contributed by atoms with van der Waals surface area (Å²) >= 11 is 0. The van der Waals surface area contributed by atoms with E-state index in [0.29, 0.717) is 0 Å². The summed E-state index contributed by atoms with van der Waals surface area (Å²) in [6.07, 6.45) is 3.83. The fourth-order valence-electron chi connectivity index (χ4n) is 2.34. The molecule has 1 aromatic carbocycles. The van der Waals surface area contributed by atoms with E-state index in [9.17, 15) is 0 Å². The van der Waals surface area contributed by atoms with Crippen LogP contribution in [0, 0.1) is 11.8 Å². The number of aliphatic hydroxyl groups excluding tert-OH is 1. The van der Waals surface area contributed by atoms with Crippen molar-refractivity contribution in [3.63, 3.8) is 0 Å². The molecule has 90 valence electrons. The van der Waals surface area contributed by atoms with Gasteiger partial charge in [0.15, 0.2) is 0 Å². The molecule has 0 aromatic heterocycles. The van der Waals surface area contributed by atoms with Crippen molar-refractivity contribution in [3.05, 3.63) is 35.9 Å². The largest absolute Gasteiger partial charge is 0.384 e. The van der Waals surface area contributed by atoms with Crippen LogP contribution >= 0.6 is 0 Å². The molecular formula is C15H19NO. The number of aliphatic hydroxyl groups is 1. The lowest BCUT2D eigenvalue weighted by molar-refractivity contribution is 0.197. The van der Waals surface area contributed by atoms with Gasteiger partial charge < -0.3 is 5.11 Å². The Bertz CT molecular complexity index is 384. The molecule has 17 heavy (non-hydrogen) atoms. The third-order valence-corrected chi connectivity index (χ3v) is 3.19. The minimum atomic E-state index is -0.0584. The predicted molar refractivity (Wildman–Crippen MR) is 69.5 cm³/mol. The van der Waals surface area contributed by atoms with Crippen LogP contribution in [0.4, 0.5) is 0 Å². The zero-order valence-electron chi connectivity index (χ0n) is 10.1. The van der Waals surface area contributed by atoms with E-state index in [1.165, 1.54) is 24.8 Å². The molecule has 1 heterocycles. The molecule has 1 aromatic rings. The lowest BCUT2D eigenvalue weighted by Gasteiger charge is -2.31. The summed E-state index contributed by atoms with van der Waals surface area (Å²) in [5, 5.41) is 8.87. The highest BCUT2D eigenvalue weighted by Crippen LogP contribution is 2.23. The highest BCUT2D eigenvalue weighted by Gasteiger charge is 2.19. The Kier molecular flexibility index (Phi) is 4.61. The number of benzene rings is 1. The second-order valence-corrected chi connectivity index (χ2v) is 4.39. The third-order valence-electron chi connectivity index (χ3n) is 3.19. The highest BCUT2D eigenvalue weighted by atomic mass is 16.2. The molecule has 0 bridgehead atoms. The minimum absolute atomic E-state index is 0.0584. The molecule has 2 nitrogen and oxygen atoms in total. The van der Waals surface area contributed by atoms with Crippen LogP contribution in [0.3, 0.4) is 0 Å². The Labute approximate surface area is 103 Å². The number of hydrogen-bond acceptors (Lipinski definition) is 2. The van der Waals surface area contributed by atoms with Gasteiger partial charge in [-0.3, -0.25) is 4.90 Å². The molecule has 2 rings (SSSR count). The van der Waals surface area contributed by atoms with Crippen LogP contribution in [0.25, 0.3) is 0 Å². The Hall–Kier alpha value is -1.30. The van der Waals surface area contributed by atoms with E-state index in [2.05, 4.69) is 28.9 Å². The average Bonchev–Trinajstić information content (AvgIpc) is 2.42. The maximum Gasteiger partial charge on any atom is 0.104 e. The average molecular weight is 229 g/mol. The smallest absolute Gasteiger partial charge is 0.104 e. The molecule has 0 spiro atoms. The van der Waals surface area contributed by atoms with Crippen LogP contribution < -0.4 is 0 Å². The zero-order valence-corrected chi connectivity index (χ0v) is 10.1. The van der Waals surface area contributed by atoms with Crippen LogP contribution in [0.5, 0.6) is 0 Å². The first-order chi connectivity index (χ1) is 8.42. The van der Waals surface area contributed by atoms with Gasteiger partial charge in [-0.05, 0) is 31.5 Å². The van der Waals surface area contributed by atoms with Gasteiger partial charge in [0.25, 0.3) is 0 Å². The van der Waals surface area contributed by atoms with Crippen molar-refractivity contribution in [2.75, 3.05) is 19.7 Å². The Morgan fingerprint density at radius 3 is 2.47 bits per heavy atom. The summed E-state index contributed by atoms with van der Waals surface area (Å²) in [4.78, 5) is 2.42. The molecule has 1 fully saturated rings. The molecule has 1 unspecified atom stereocenters. The Morgan fingerprint density at radius 1 is 1.12 bits per heavy atom. The third kappa shape index (κ3) is 3.33. The first kappa shape index (κ1) is 12.2. The Morgan fingerprint density at radius 2 is 1.82 bits per heavy atom. The summed E-state index contributed by atoms with van der Waals surface area (Å²) in [5.74, 6) is 5.99. The predicted octanol–water partition coefficient (Wildman–Crippen LogP) is 2.21. The van der Waals surface area contributed by atoms with E-state index < -0.39 is 0 Å². The van der Waals surface area contributed by atoms with Gasteiger partial charge in [-0.1, -0.05) is 48.6 Å². The standard InChI is InChI=1S/C15H19NO/c17-13-7-10-15(14-8-3-1-4-9-14)16-11-5-2-6-12-16/h1,3-4,8-9,15,17H,2,5-6,11-13H2. The molecular weight excluding hydrogens is 210 g/mol. The minimum Gasteiger partial charge on any atom is -0.384 e. The van der Waals surface area contributed by atoms with Gasteiger partial charge >= 0.3 is 0 Å². The van der Waals surface area contributed by atoms with E-state index in [1.807, 2.05) is 18.2 Å². The number of hydrogen-bond donors (Lipinski definition) is 1. The first-order valence-electron chi connectivity index (χ1n) is 6.30. The lowest BCUT2D eigenvalue weighted by atomic mass is 10.0. The van der Waals surface area contributed by atoms with E-state index in [1.54, 1.807) is 0 Å². The molecule has 0 radical (unpaired) electrons. The quantitative estimate of drug-likeness (QED) is 0.786. The Balaban J connectivity index is 2.18. The molecule has 0 amide bonds. The molecule has 0 aliphatic carbocycles. The van der Waals surface area contributed by atoms with Crippen molar-refractivity contribution in [2.24, 2.45) is 0 Å². The molecule has 1 N–H and O–H groups in total. The first-order valence-corrected chi connectivity index (χ1v) is 6.30. The van der Waals surface area contributed by atoms with Gasteiger partial charge in [0.05, 0.1) is 6.04 Å². The second-order valence-electron chi connectivity index (χ2n) is 4.39. The van der Waals surface area contributed by atoms with E-state index in [-0.39, 0.29) is 12.6 Å². The molecule has 0 saturated carbocycles.